The van der Waals surface area contributed by atoms with Gasteiger partial charge < -0.3 is 11.1 Å². The summed E-state index contributed by atoms with van der Waals surface area (Å²) in [6.45, 7) is 0. The maximum Gasteiger partial charge on any atom is 0.145 e. The van der Waals surface area contributed by atoms with Crippen LogP contribution in [0.4, 0.5) is 5.82 Å². The third kappa shape index (κ3) is 1.68. The van der Waals surface area contributed by atoms with Gasteiger partial charge in [-0.15, -0.1) is 5.10 Å². The van der Waals surface area contributed by atoms with Gasteiger partial charge in [-0.05, 0) is 17.5 Å². The highest BCUT2D eigenvalue weighted by atomic mass is 15.4. The molecule has 5 heteroatoms. The summed E-state index contributed by atoms with van der Waals surface area (Å²) in [7, 11) is 1.86. The first-order valence-electron chi connectivity index (χ1n) is 5.70. The Balaban J connectivity index is 1.91. The number of nitrogens with two attached hydrogens (primary N) is 1. The second-order valence-corrected chi connectivity index (χ2v) is 4.43. The van der Waals surface area contributed by atoms with E-state index in [1.807, 2.05) is 13.1 Å². The van der Waals surface area contributed by atoms with Gasteiger partial charge in [0, 0.05) is 13.1 Å². The molecule has 5 nitrogen and oxygen atoms in total. The van der Waals surface area contributed by atoms with Crippen LogP contribution >= 0.6 is 0 Å². The molecule has 0 saturated carbocycles. The zero-order valence-electron chi connectivity index (χ0n) is 9.67. The summed E-state index contributed by atoms with van der Waals surface area (Å²) >= 11 is 0. The maximum absolute atomic E-state index is 6.18. The van der Waals surface area contributed by atoms with Crippen LogP contribution in [0, 0.1) is 0 Å². The zero-order chi connectivity index (χ0) is 11.8. The van der Waals surface area contributed by atoms with Crippen molar-refractivity contribution in [1.82, 2.24) is 15.0 Å². The quantitative estimate of drug-likeness (QED) is 0.801. The highest BCUT2D eigenvalue weighted by molar-refractivity contribution is 5.44. The van der Waals surface area contributed by atoms with Crippen molar-refractivity contribution >= 4 is 5.82 Å². The lowest BCUT2D eigenvalue weighted by atomic mass is 10.1. The Labute approximate surface area is 99.6 Å². The van der Waals surface area contributed by atoms with E-state index in [1.165, 1.54) is 11.1 Å². The molecule has 3 rings (SSSR count). The molecule has 1 heterocycles. The minimum Gasteiger partial charge on any atom is -0.361 e. The first kappa shape index (κ1) is 10.3. The molecule has 0 aliphatic heterocycles. The Morgan fingerprint density at radius 2 is 2.24 bits per heavy atom. The molecule has 0 fully saturated rings. The molecule has 1 aliphatic rings. The highest BCUT2D eigenvalue weighted by Crippen LogP contribution is 2.32. The van der Waals surface area contributed by atoms with E-state index in [2.05, 4.69) is 33.8 Å². The Morgan fingerprint density at radius 3 is 3.00 bits per heavy atom. The molecule has 2 atom stereocenters. The lowest BCUT2D eigenvalue weighted by Gasteiger charge is -2.19. The number of hydrogen-bond acceptors (Lipinski definition) is 4. The van der Waals surface area contributed by atoms with E-state index in [9.17, 15) is 0 Å². The molecule has 0 bridgehead atoms. The van der Waals surface area contributed by atoms with E-state index in [-0.39, 0.29) is 12.1 Å². The number of rotatable bonds is 2. The maximum atomic E-state index is 6.18. The molecule has 0 radical (unpaired) electrons. The van der Waals surface area contributed by atoms with E-state index in [0.29, 0.717) is 0 Å². The third-order valence-corrected chi connectivity index (χ3v) is 3.29. The number of nitrogens with one attached hydrogen (secondary N) is 1. The van der Waals surface area contributed by atoms with E-state index in [0.717, 1.165) is 12.2 Å². The second-order valence-electron chi connectivity index (χ2n) is 4.43. The Morgan fingerprint density at radius 1 is 1.41 bits per heavy atom. The minimum absolute atomic E-state index is 0.0994. The standard InChI is InChI=1S/C12H15N5/c1-17-11(7-14-16-17)15-12-9-5-3-2-4-8(9)6-10(12)13/h2-5,7,10,12,15H,6,13H2,1H3. The molecular formula is C12H15N5. The topological polar surface area (TPSA) is 68.8 Å². The number of nitrogens with zero attached hydrogens (tertiary/aromatic N) is 3. The number of anilines is 1. The predicted molar refractivity (Wildman–Crippen MR) is 65.5 cm³/mol. The molecule has 88 valence electrons. The van der Waals surface area contributed by atoms with Crippen molar-refractivity contribution in [3.8, 4) is 0 Å². The Bertz CT molecular complexity index is 533. The highest BCUT2D eigenvalue weighted by Gasteiger charge is 2.29. The van der Waals surface area contributed by atoms with Crippen LogP contribution < -0.4 is 11.1 Å². The number of hydrogen-bond donors (Lipinski definition) is 2. The SMILES string of the molecule is Cn1nncc1NC1c2ccccc2CC1N. The fourth-order valence-corrected chi connectivity index (χ4v) is 2.39. The molecule has 0 saturated heterocycles. The smallest absolute Gasteiger partial charge is 0.145 e. The molecule has 1 aromatic carbocycles. The van der Waals surface area contributed by atoms with Crippen molar-refractivity contribution in [2.45, 2.75) is 18.5 Å². The normalized spacial score (nSPS) is 22.5. The van der Waals surface area contributed by atoms with Gasteiger partial charge in [0.2, 0.25) is 0 Å². The van der Waals surface area contributed by atoms with E-state index in [1.54, 1.807) is 10.9 Å². The predicted octanol–water partition coefficient (Wildman–Crippen LogP) is 0.852. The molecule has 1 aromatic heterocycles. The summed E-state index contributed by atoms with van der Waals surface area (Å²) in [5, 5.41) is 11.2. The summed E-state index contributed by atoms with van der Waals surface area (Å²) in [5.74, 6) is 0.891. The van der Waals surface area contributed by atoms with Crippen LogP contribution in [0.25, 0.3) is 0 Å². The third-order valence-electron chi connectivity index (χ3n) is 3.29. The molecule has 2 unspecified atom stereocenters. The van der Waals surface area contributed by atoms with Crippen LogP contribution in [-0.4, -0.2) is 21.0 Å². The van der Waals surface area contributed by atoms with Crippen molar-refractivity contribution in [2.75, 3.05) is 5.32 Å². The Kier molecular flexibility index (Phi) is 2.33. The molecule has 0 amide bonds. The van der Waals surface area contributed by atoms with Crippen LogP contribution in [0.5, 0.6) is 0 Å². The lowest BCUT2D eigenvalue weighted by molar-refractivity contribution is 0.614. The van der Waals surface area contributed by atoms with Crippen molar-refractivity contribution in [3.05, 3.63) is 41.6 Å². The number of aromatic nitrogens is 3. The van der Waals surface area contributed by atoms with Gasteiger partial charge >= 0.3 is 0 Å². The van der Waals surface area contributed by atoms with E-state index in [4.69, 9.17) is 5.73 Å². The van der Waals surface area contributed by atoms with Gasteiger partial charge in [-0.3, -0.25) is 0 Å². The zero-order valence-corrected chi connectivity index (χ0v) is 9.67. The first-order valence-corrected chi connectivity index (χ1v) is 5.70. The van der Waals surface area contributed by atoms with Crippen molar-refractivity contribution in [3.63, 3.8) is 0 Å². The minimum atomic E-state index is 0.0994. The molecule has 0 spiro atoms. The lowest BCUT2D eigenvalue weighted by Crippen LogP contribution is -2.30. The van der Waals surface area contributed by atoms with E-state index < -0.39 is 0 Å². The summed E-state index contributed by atoms with van der Waals surface area (Å²) in [6, 6.07) is 8.61. The molecule has 17 heavy (non-hydrogen) atoms. The van der Waals surface area contributed by atoms with Crippen molar-refractivity contribution in [2.24, 2.45) is 12.8 Å². The van der Waals surface area contributed by atoms with Gasteiger partial charge in [0.1, 0.15) is 5.82 Å². The van der Waals surface area contributed by atoms with Crippen LogP contribution in [0.2, 0.25) is 0 Å². The number of aryl methyl sites for hydroxylation is 1. The molecular weight excluding hydrogens is 214 g/mol. The van der Waals surface area contributed by atoms with Crippen LogP contribution in [0.3, 0.4) is 0 Å². The van der Waals surface area contributed by atoms with Crippen LogP contribution in [0.1, 0.15) is 17.2 Å². The Hall–Kier alpha value is -1.88. The molecule has 1 aliphatic carbocycles. The average Bonchev–Trinajstić information content (AvgIpc) is 2.85. The van der Waals surface area contributed by atoms with Crippen LogP contribution in [0.15, 0.2) is 30.5 Å². The van der Waals surface area contributed by atoms with Gasteiger partial charge in [-0.2, -0.15) is 0 Å². The van der Waals surface area contributed by atoms with Gasteiger partial charge in [0.15, 0.2) is 0 Å². The fourth-order valence-electron chi connectivity index (χ4n) is 2.39. The largest absolute Gasteiger partial charge is 0.361 e. The van der Waals surface area contributed by atoms with Crippen molar-refractivity contribution in [1.29, 1.82) is 0 Å². The fraction of sp³-hybridized carbons (Fsp3) is 0.333. The molecule has 2 aromatic rings. The monoisotopic (exact) mass is 229 g/mol. The number of fused-ring (bicyclic) bond motifs is 1. The van der Waals surface area contributed by atoms with Gasteiger partial charge in [0.25, 0.3) is 0 Å². The van der Waals surface area contributed by atoms with E-state index >= 15 is 0 Å². The number of benzene rings is 1. The van der Waals surface area contributed by atoms with Crippen LogP contribution in [-0.2, 0) is 13.5 Å². The summed E-state index contributed by atoms with van der Waals surface area (Å²) in [4.78, 5) is 0. The summed E-state index contributed by atoms with van der Waals surface area (Å²) < 4.78 is 1.72. The summed E-state index contributed by atoms with van der Waals surface area (Å²) in [5.41, 5.74) is 8.79. The molecule has 3 N–H and O–H groups in total. The second kappa shape index (κ2) is 3.85. The van der Waals surface area contributed by atoms with Gasteiger partial charge in [-0.1, -0.05) is 29.5 Å². The van der Waals surface area contributed by atoms with Gasteiger partial charge in [0.05, 0.1) is 12.2 Å². The summed E-state index contributed by atoms with van der Waals surface area (Å²) in [6.07, 6.45) is 2.63. The van der Waals surface area contributed by atoms with Crippen molar-refractivity contribution < 1.29 is 0 Å². The average molecular weight is 229 g/mol. The van der Waals surface area contributed by atoms with Gasteiger partial charge in [-0.25, -0.2) is 4.68 Å². The first-order chi connectivity index (χ1) is 8.25.